The van der Waals surface area contributed by atoms with Crippen LogP contribution >= 0.6 is 0 Å². The highest BCUT2D eigenvalue weighted by atomic mass is 16.5. The van der Waals surface area contributed by atoms with Crippen molar-refractivity contribution in [2.24, 2.45) is 27.5 Å². The van der Waals surface area contributed by atoms with Crippen molar-refractivity contribution in [3.05, 3.63) is 0 Å². The summed E-state index contributed by atoms with van der Waals surface area (Å²) in [6, 6.07) is 0.402. The van der Waals surface area contributed by atoms with Crippen LogP contribution in [0.4, 0.5) is 0 Å². The molecule has 0 aromatic carbocycles. The standard InChI is InChI=1S/C12H20N2O/c1-10(2)8-4-5-11(10,3)12(6-8)7-15-9(13)14-12/h8H,4-7H2,1-3H3,(H2,13,14)/t8-,11-,12+/m1/s1. The molecular formula is C12H20N2O. The van der Waals surface area contributed by atoms with Crippen molar-refractivity contribution in [3.8, 4) is 0 Å². The van der Waals surface area contributed by atoms with E-state index >= 15 is 0 Å². The second kappa shape index (κ2) is 2.33. The fourth-order valence-electron chi connectivity index (χ4n) is 4.27. The molecule has 15 heavy (non-hydrogen) atoms. The summed E-state index contributed by atoms with van der Waals surface area (Å²) in [5, 5.41) is 0. The fraction of sp³-hybridized carbons (Fsp3) is 0.917. The van der Waals surface area contributed by atoms with Gasteiger partial charge in [-0.3, -0.25) is 0 Å². The molecule has 2 aliphatic carbocycles. The van der Waals surface area contributed by atoms with Crippen molar-refractivity contribution < 1.29 is 4.74 Å². The summed E-state index contributed by atoms with van der Waals surface area (Å²) < 4.78 is 5.43. The van der Waals surface area contributed by atoms with Gasteiger partial charge in [0.1, 0.15) is 12.1 Å². The molecule has 0 radical (unpaired) electrons. The second-order valence-corrected chi connectivity index (χ2v) is 6.26. The summed E-state index contributed by atoms with van der Waals surface area (Å²) in [6.45, 7) is 7.87. The Morgan fingerprint density at radius 3 is 2.53 bits per heavy atom. The lowest BCUT2D eigenvalue weighted by Crippen LogP contribution is -2.46. The van der Waals surface area contributed by atoms with E-state index < -0.39 is 0 Å². The van der Waals surface area contributed by atoms with Gasteiger partial charge in [0.15, 0.2) is 0 Å². The van der Waals surface area contributed by atoms with Crippen LogP contribution in [-0.2, 0) is 4.74 Å². The number of nitrogens with zero attached hydrogens (tertiary/aromatic N) is 1. The predicted octanol–water partition coefficient (Wildman–Crippen LogP) is 1.92. The minimum absolute atomic E-state index is 0.0104. The number of hydrogen-bond acceptors (Lipinski definition) is 3. The van der Waals surface area contributed by atoms with E-state index in [1.807, 2.05) is 0 Å². The van der Waals surface area contributed by atoms with Gasteiger partial charge < -0.3 is 10.5 Å². The summed E-state index contributed by atoms with van der Waals surface area (Å²) in [5.41, 5.74) is 6.33. The zero-order chi connectivity index (χ0) is 10.9. The largest absolute Gasteiger partial charge is 0.463 e. The van der Waals surface area contributed by atoms with Crippen molar-refractivity contribution in [1.82, 2.24) is 0 Å². The smallest absolute Gasteiger partial charge is 0.282 e. The first-order chi connectivity index (χ1) is 6.91. The first kappa shape index (κ1) is 9.49. The van der Waals surface area contributed by atoms with E-state index in [1.165, 1.54) is 12.8 Å². The van der Waals surface area contributed by atoms with Crippen LogP contribution in [0.25, 0.3) is 0 Å². The number of aliphatic imine (C=N–C) groups is 1. The first-order valence-electron chi connectivity index (χ1n) is 5.89. The third kappa shape index (κ3) is 0.822. The maximum Gasteiger partial charge on any atom is 0.282 e. The maximum atomic E-state index is 5.70. The molecule has 2 saturated carbocycles. The van der Waals surface area contributed by atoms with E-state index in [0.717, 1.165) is 12.3 Å². The first-order valence-corrected chi connectivity index (χ1v) is 5.89. The molecule has 3 heteroatoms. The van der Waals surface area contributed by atoms with Crippen LogP contribution in [0.15, 0.2) is 4.99 Å². The van der Waals surface area contributed by atoms with Crippen LogP contribution in [0, 0.1) is 16.7 Å². The van der Waals surface area contributed by atoms with Gasteiger partial charge in [0.25, 0.3) is 6.02 Å². The van der Waals surface area contributed by atoms with Gasteiger partial charge in [0, 0.05) is 5.41 Å². The molecule has 0 aromatic heterocycles. The van der Waals surface area contributed by atoms with Gasteiger partial charge in [-0.2, -0.15) is 0 Å². The van der Waals surface area contributed by atoms with Gasteiger partial charge in [-0.1, -0.05) is 20.8 Å². The molecule has 3 nitrogen and oxygen atoms in total. The van der Waals surface area contributed by atoms with E-state index in [2.05, 4.69) is 25.8 Å². The van der Waals surface area contributed by atoms with Crippen molar-refractivity contribution in [1.29, 1.82) is 0 Å². The zero-order valence-electron chi connectivity index (χ0n) is 9.84. The fourth-order valence-corrected chi connectivity index (χ4v) is 4.27. The average Bonchev–Trinajstić information content (AvgIpc) is 2.66. The summed E-state index contributed by atoms with van der Waals surface area (Å²) in [7, 11) is 0. The normalized spacial score (nSPS) is 50.9. The lowest BCUT2D eigenvalue weighted by atomic mass is 9.63. The number of fused-ring (bicyclic) bond motifs is 3. The van der Waals surface area contributed by atoms with E-state index in [-0.39, 0.29) is 11.0 Å². The van der Waals surface area contributed by atoms with Crippen LogP contribution in [0.2, 0.25) is 0 Å². The summed E-state index contributed by atoms with van der Waals surface area (Å²) in [5.74, 6) is 0.792. The monoisotopic (exact) mass is 208 g/mol. The third-order valence-corrected chi connectivity index (χ3v) is 5.83. The highest BCUT2D eigenvalue weighted by molar-refractivity contribution is 5.74. The highest BCUT2D eigenvalue weighted by Gasteiger charge is 2.70. The quantitative estimate of drug-likeness (QED) is 0.661. The van der Waals surface area contributed by atoms with E-state index in [1.54, 1.807) is 0 Å². The van der Waals surface area contributed by atoms with Gasteiger partial charge >= 0.3 is 0 Å². The molecule has 3 aliphatic rings. The Morgan fingerprint density at radius 2 is 2.13 bits per heavy atom. The van der Waals surface area contributed by atoms with Crippen LogP contribution in [0.1, 0.15) is 40.0 Å². The van der Waals surface area contributed by atoms with E-state index in [0.29, 0.717) is 18.0 Å². The van der Waals surface area contributed by atoms with Gasteiger partial charge in [0.2, 0.25) is 0 Å². The molecule has 3 rings (SSSR count). The Labute approximate surface area is 91.1 Å². The molecule has 0 amide bonds. The second-order valence-electron chi connectivity index (χ2n) is 6.26. The van der Waals surface area contributed by atoms with Crippen molar-refractivity contribution in [3.63, 3.8) is 0 Å². The lowest BCUT2D eigenvalue weighted by Gasteiger charge is -2.43. The number of rotatable bonds is 0. The molecule has 1 spiro atoms. The predicted molar refractivity (Wildman–Crippen MR) is 59.5 cm³/mol. The Morgan fingerprint density at radius 1 is 1.40 bits per heavy atom. The topological polar surface area (TPSA) is 47.6 Å². The van der Waals surface area contributed by atoms with Crippen molar-refractivity contribution in [2.75, 3.05) is 6.61 Å². The van der Waals surface area contributed by atoms with Gasteiger partial charge in [-0.15, -0.1) is 0 Å². The molecule has 2 fully saturated rings. The molecule has 3 atom stereocenters. The molecule has 1 heterocycles. The van der Waals surface area contributed by atoms with E-state index in [4.69, 9.17) is 10.5 Å². The Balaban J connectivity index is 2.10. The average molecular weight is 208 g/mol. The SMILES string of the molecule is CC1(C)[C@@H]2CC[C@@]1(C)[C@@]1(COC(N)=N1)C2. The zero-order valence-corrected chi connectivity index (χ0v) is 9.84. The van der Waals surface area contributed by atoms with Crippen LogP contribution in [-0.4, -0.2) is 18.2 Å². The number of ether oxygens (including phenoxy) is 1. The molecule has 0 unspecified atom stereocenters. The highest BCUT2D eigenvalue weighted by Crippen LogP contribution is 2.71. The molecule has 0 saturated heterocycles. The Hall–Kier alpha value is -0.730. The number of nitrogens with two attached hydrogens (primary N) is 1. The molecular weight excluding hydrogens is 188 g/mol. The minimum atomic E-state index is -0.0104. The minimum Gasteiger partial charge on any atom is -0.463 e. The van der Waals surface area contributed by atoms with Gasteiger partial charge in [0.05, 0.1) is 0 Å². The summed E-state index contributed by atoms with van der Waals surface area (Å²) in [6.07, 6.45) is 3.78. The Bertz CT molecular complexity index is 350. The van der Waals surface area contributed by atoms with Crippen LogP contribution in [0.3, 0.4) is 0 Å². The summed E-state index contributed by atoms with van der Waals surface area (Å²) >= 11 is 0. The van der Waals surface area contributed by atoms with Gasteiger partial charge in [-0.25, -0.2) is 4.99 Å². The van der Waals surface area contributed by atoms with Crippen LogP contribution < -0.4 is 5.73 Å². The molecule has 0 aromatic rings. The van der Waals surface area contributed by atoms with Gasteiger partial charge in [-0.05, 0) is 30.6 Å². The molecule has 84 valence electrons. The lowest BCUT2D eigenvalue weighted by molar-refractivity contribution is 0.0610. The van der Waals surface area contributed by atoms with Crippen LogP contribution in [0.5, 0.6) is 0 Å². The van der Waals surface area contributed by atoms with E-state index in [9.17, 15) is 0 Å². The number of amidine groups is 1. The Kier molecular flexibility index (Phi) is 1.48. The van der Waals surface area contributed by atoms with Crippen molar-refractivity contribution in [2.45, 2.75) is 45.6 Å². The summed E-state index contributed by atoms with van der Waals surface area (Å²) in [4.78, 5) is 4.64. The number of hydrogen-bond donors (Lipinski definition) is 1. The third-order valence-electron chi connectivity index (χ3n) is 5.83. The molecule has 2 bridgehead atoms. The molecule has 1 aliphatic heterocycles. The maximum absolute atomic E-state index is 5.70. The molecule has 2 N–H and O–H groups in total. The van der Waals surface area contributed by atoms with Crippen molar-refractivity contribution >= 4 is 6.02 Å².